The predicted molar refractivity (Wildman–Crippen MR) is 121 cm³/mol. The van der Waals surface area contributed by atoms with Crippen molar-refractivity contribution in [3.63, 3.8) is 0 Å². The van der Waals surface area contributed by atoms with Crippen molar-refractivity contribution in [3.8, 4) is 5.75 Å². The van der Waals surface area contributed by atoms with Gasteiger partial charge in [0.1, 0.15) is 12.4 Å². The lowest BCUT2D eigenvalue weighted by Gasteiger charge is -2.09. The summed E-state index contributed by atoms with van der Waals surface area (Å²) < 4.78 is 32.5. The topological polar surface area (TPSA) is 75.6 Å². The fraction of sp³-hybridized carbons (Fsp3) is 0.750. The van der Waals surface area contributed by atoms with Crippen molar-refractivity contribution in [1.82, 2.24) is 0 Å². The number of benzene rings is 1. The van der Waals surface area contributed by atoms with Crippen LogP contribution in [0.4, 0.5) is 0 Å². The number of ether oxygens (including phenoxy) is 6. The van der Waals surface area contributed by atoms with Crippen LogP contribution in [0.3, 0.4) is 0 Å². The maximum Gasteiger partial charge on any atom is 0.119 e. The average Bonchev–Trinajstić information content (AvgIpc) is 2.79. The Bertz CT molecular complexity index is 481. The highest BCUT2D eigenvalue weighted by Gasteiger charge is 1.98. The largest absolute Gasteiger partial charge is 0.491 e. The monoisotopic (exact) mass is 442 g/mol. The fourth-order valence-corrected chi connectivity index (χ4v) is 2.77. The lowest BCUT2D eigenvalue weighted by atomic mass is 10.1. The molecule has 0 heterocycles. The van der Waals surface area contributed by atoms with Crippen LogP contribution in [-0.4, -0.2) is 84.4 Å². The highest BCUT2D eigenvalue weighted by atomic mass is 16.6. The van der Waals surface area contributed by atoms with Crippen LogP contribution < -0.4 is 4.74 Å². The summed E-state index contributed by atoms with van der Waals surface area (Å²) in [7, 11) is 0. The highest BCUT2D eigenvalue weighted by Crippen LogP contribution is 2.14. The third-order valence-electron chi connectivity index (χ3n) is 4.46. The summed E-state index contributed by atoms with van der Waals surface area (Å²) in [5.41, 5.74) is 1.37. The number of aliphatic hydroxyl groups excluding tert-OH is 1. The van der Waals surface area contributed by atoms with Crippen molar-refractivity contribution < 1.29 is 33.5 Å². The van der Waals surface area contributed by atoms with Gasteiger partial charge in [-0.3, -0.25) is 0 Å². The molecule has 0 aliphatic heterocycles. The molecule has 180 valence electrons. The van der Waals surface area contributed by atoms with Crippen LogP contribution in [0.5, 0.6) is 5.75 Å². The molecule has 0 saturated heterocycles. The molecule has 1 rings (SSSR count). The van der Waals surface area contributed by atoms with E-state index in [-0.39, 0.29) is 6.61 Å². The van der Waals surface area contributed by atoms with Gasteiger partial charge in [0.05, 0.1) is 72.7 Å². The van der Waals surface area contributed by atoms with E-state index in [0.29, 0.717) is 72.7 Å². The molecule has 1 aromatic rings. The molecule has 1 aromatic carbocycles. The van der Waals surface area contributed by atoms with E-state index in [4.69, 9.17) is 33.5 Å². The lowest BCUT2D eigenvalue weighted by molar-refractivity contribution is -0.0146. The standard InChI is InChI=1S/C24H42O7/c1-2-3-4-5-6-23-7-9-24(10-8-23)31-22-21-30-20-19-29-18-17-28-16-15-27-14-13-26-12-11-25/h7-10,25H,2-6,11-22H2,1H3. The molecule has 0 atom stereocenters. The van der Waals surface area contributed by atoms with Crippen molar-refractivity contribution in [2.45, 2.75) is 39.0 Å². The summed E-state index contributed by atoms with van der Waals surface area (Å²) in [6, 6.07) is 8.37. The molecule has 7 heteroatoms. The first-order chi connectivity index (χ1) is 15.4. The maximum absolute atomic E-state index is 8.55. The van der Waals surface area contributed by atoms with Gasteiger partial charge in [0.25, 0.3) is 0 Å². The van der Waals surface area contributed by atoms with Crippen molar-refractivity contribution in [3.05, 3.63) is 29.8 Å². The van der Waals surface area contributed by atoms with Gasteiger partial charge in [-0.1, -0.05) is 38.3 Å². The van der Waals surface area contributed by atoms with E-state index in [1.807, 2.05) is 12.1 Å². The van der Waals surface area contributed by atoms with Crippen LogP contribution in [-0.2, 0) is 30.1 Å². The number of aryl methyl sites for hydroxylation is 1. The van der Waals surface area contributed by atoms with Gasteiger partial charge in [0.15, 0.2) is 0 Å². The summed E-state index contributed by atoms with van der Waals surface area (Å²) in [6.07, 6.45) is 6.30. The maximum atomic E-state index is 8.55. The van der Waals surface area contributed by atoms with Crippen LogP contribution in [0.1, 0.15) is 38.2 Å². The Morgan fingerprint density at radius 1 is 0.581 bits per heavy atom. The van der Waals surface area contributed by atoms with E-state index in [2.05, 4.69) is 19.1 Å². The number of rotatable bonds is 23. The van der Waals surface area contributed by atoms with Crippen LogP contribution in [0.2, 0.25) is 0 Å². The fourth-order valence-electron chi connectivity index (χ4n) is 2.77. The van der Waals surface area contributed by atoms with Gasteiger partial charge in [0, 0.05) is 0 Å². The van der Waals surface area contributed by atoms with E-state index >= 15 is 0 Å². The molecule has 0 amide bonds. The normalized spacial score (nSPS) is 11.2. The lowest BCUT2D eigenvalue weighted by Crippen LogP contribution is -2.14. The molecule has 0 saturated carbocycles. The number of hydrogen-bond acceptors (Lipinski definition) is 7. The zero-order valence-electron chi connectivity index (χ0n) is 19.2. The average molecular weight is 443 g/mol. The summed E-state index contributed by atoms with van der Waals surface area (Å²) in [5.74, 6) is 0.885. The Labute approximate surface area is 187 Å². The van der Waals surface area contributed by atoms with Crippen molar-refractivity contribution >= 4 is 0 Å². The molecule has 0 bridgehead atoms. The summed E-state index contributed by atoms with van der Waals surface area (Å²) in [6.45, 7) is 7.87. The quantitative estimate of drug-likeness (QED) is 0.261. The molecule has 0 unspecified atom stereocenters. The van der Waals surface area contributed by atoms with Gasteiger partial charge >= 0.3 is 0 Å². The van der Waals surface area contributed by atoms with Gasteiger partial charge in [0.2, 0.25) is 0 Å². The first-order valence-electron chi connectivity index (χ1n) is 11.6. The first kappa shape index (κ1) is 27.8. The Hall–Kier alpha value is -1.22. The minimum absolute atomic E-state index is 0.0374. The summed E-state index contributed by atoms with van der Waals surface area (Å²) in [4.78, 5) is 0. The second-order valence-electron chi connectivity index (χ2n) is 7.09. The van der Waals surface area contributed by atoms with E-state index in [1.165, 1.54) is 31.2 Å². The zero-order chi connectivity index (χ0) is 22.2. The molecular weight excluding hydrogens is 400 g/mol. The molecule has 7 nitrogen and oxygen atoms in total. The van der Waals surface area contributed by atoms with Crippen LogP contribution in [0.25, 0.3) is 0 Å². The van der Waals surface area contributed by atoms with Crippen molar-refractivity contribution in [1.29, 1.82) is 0 Å². The van der Waals surface area contributed by atoms with Gasteiger partial charge in [-0.25, -0.2) is 0 Å². The molecule has 0 aliphatic carbocycles. The Morgan fingerprint density at radius 3 is 1.55 bits per heavy atom. The zero-order valence-corrected chi connectivity index (χ0v) is 19.2. The Kier molecular flexibility index (Phi) is 19.7. The number of hydrogen-bond donors (Lipinski definition) is 1. The predicted octanol–water partition coefficient (Wildman–Crippen LogP) is 3.26. The molecule has 0 aromatic heterocycles. The Morgan fingerprint density at radius 2 is 1.06 bits per heavy atom. The van der Waals surface area contributed by atoms with Crippen LogP contribution >= 0.6 is 0 Å². The molecule has 0 aliphatic rings. The molecule has 1 N–H and O–H groups in total. The third kappa shape index (κ3) is 18.1. The molecule has 31 heavy (non-hydrogen) atoms. The number of unbranched alkanes of at least 4 members (excludes halogenated alkanes) is 3. The molecule has 0 spiro atoms. The molecular formula is C24H42O7. The number of aliphatic hydroxyl groups is 1. The van der Waals surface area contributed by atoms with Gasteiger partial charge < -0.3 is 33.5 Å². The molecule has 0 radical (unpaired) electrons. The van der Waals surface area contributed by atoms with E-state index in [1.54, 1.807) is 0 Å². The van der Waals surface area contributed by atoms with E-state index in [9.17, 15) is 0 Å². The van der Waals surface area contributed by atoms with E-state index in [0.717, 1.165) is 12.2 Å². The van der Waals surface area contributed by atoms with Crippen LogP contribution in [0, 0.1) is 0 Å². The first-order valence-corrected chi connectivity index (χ1v) is 11.6. The molecule has 0 fully saturated rings. The summed E-state index contributed by atoms with van der Waals surface area (Å²) >= 11 is 0. The van der Waals surface area contributed by atoms with Gasteiger partial charge in [-0.2, -0.15) is 0 Å². The van der Waals surface area contributed by atoms with E-state index < -0.39 is 0 Å². The minimum Gasteiger partial charge on any atom is -0.491 e. The van der Waals surface area contributed by atoms with Gasteiger partial charge in [-0.15, -0.1) is 0 Å². The minimum atomic E-state index is 0.0374. The van der Waals surface area contributed by atoms with Crippen LogP contribution in [0.15, 0.2) is 24.3 Å². The van der Waals surface area contributed by atoms with Crippen molar-refractivity contribution in [2.24, 2.45) is 0 Å². The van der Waals surface area contributed by atoms with Gasteiger partial charge in [-0.05, 0) is 30.5 Å². The Balaban J connectivity index is 1.81. The summed E-state index contributed by atoms with van der Waals surface area (Å²) in [5, 5.41) is 8.55. The second kappa shape index (κ2) is 22.0. The SMILES string of the molecule is CCCCCCc1ccc(OCCOCCOCCOCCOCCOCCO)cc1. The second-order valence-corrected chi connectivity index (χ2v) is 7.09. The smallest absolute Gasteiger partial charge is 0.119 e. The third-order valence-corrected chi connectivity index (χ3v) is 4.46. The highest BCUT2D eigenvalue weighted by molar-refractivity contribution is 5.27. The van der Waals surface area contributed by atoms with Crippen molar-refractivity contribution in [2.75, 3.05) is 79.3 Å².